The van der Waals surface area contributed by atoms with Crippen LogP contribution < -0.4 is 10.6 Å². The van der Waals surface area contributed by atoms with Crippen molar-refractivity contribution < 1.29 is 19.0 Å². The second-order valence-electron chi connectivity index (χ2n) is 7.96. The SMILES string of the molecule is CN=C(NCC1(CCO)CCOC1)NCC1(c2cccc(F)c2)CCOCC1. The molecule has 3 N–H and O–H groups in total. The average molecular weight is 394 g/mol. The molecule has 0 aliphatic carbocycles. The van der Waals surface area contributed by atoms with Crippen LogP contribution in [0.25, 0.3) is 0 Å². The first-order valence-electron chi connectivity index (χ1n) is 10.1. The van der Waals surface area contributed by atoms with Crippen molar-refractivity contribution in [1.82, 2.24) is 10.6 Å². The van der Waals surface area contributed by atoms with Crippen molar-refractivity contribution in [3.8, 4) is 0 Å². The summed E-state index contributed by atoms with van der Waals surface area (Å²) in [7, 11) is 1.75. The van der Waals surface area contributed by atoms with Crippen LogP contribution in [0.15, 0.2) is 29.3 Å². The van der Waals surface area contributed by atoms with E-state index < -0.39 is 0 Å². The molecular weight excluding hydrogens is 361 g/mol. The minimum atomic E-state index is -0.210. The van der Waals surface area contributed by atoms with Crippen LogP contribution in [-0.4, -0.2) is 64.2 Å². The lowest BCUT2D eigenvalue weighted by molar-refractivity contribution is 0.0512. The quantitative estimate of drug-likeness (QED) is 0.487. The van der Waals surface area contributed by atoms with Gasteiger partial charge in [0.15, 0.2) is 5.96 Å². The summed E-state index contributed by atoms with van der Waals surface area (Å²) in [5.41, 5.74) is 0.766. The zero-order valence-electron chi connectivity index (χ0n) is 16.7. The number of rotatable bonds is 7. The molecule has 2 aliphatic rings. The molecule has 1 aromatic rings. The fourth-order valence-corrected chi connectivity index (χ4v) is 4.20. The second-order valence-corrected chi connectivity index (χ2v) is 7.96. The van der Waals surface area contributed by atoms with Gasteiger partial charge in [-0.3, -0.25) is 4.99 Å². The predicted molar refractivity (Wildman–Crippen MR) is 107 cm³/mol. The summed E-state index contributed by atoms with van der Waals surface area (Å²) in [6.07, 6.45) is 3.31. The van der Waals surface area contributed by atoms with Crippen LogP contribution >= 0.6 is 0 Å². The Morgan fingerprint density at radius 2 is 1.89 bits per heavy atom. The number of hydrogen-bond donors (Lipinski definition) is 3. The van der Waals surface area contributed by atoms with E-state index in [1.807, 2.05) is 6.07 Å². The molecule has 6 nitrogen and oxygen atoms in total. The topological polar surface area (TPSA) is 75.1 Å². The molecule has 2 fully saturated rings. The number of nitrogens with one attached hydrogen (secondary N) is 2. The van der Waals surface area contributed by atoms with Crippen molar-refractivity contribution in [2.24, 2.45) is 10.4 Å². The van der Waals surface area contributed by atoms with Crippen molar-refractivity contribution >= 4 is 5.96 Å². The van der Waals surface area contributed by atoms with Crippen LogP contribution in [0, 0.1) is 11.2 Å². The molecule has 0 bridgehead atoms. The van der Waals surface area contributed by atoms with E-state index in [-0.39, 0.29) is 23.3 Å². The number of aliphatic hydroxyl groups is 1. The third-order valence-corrected chi connectivity index (χ3v) is 6.16. The lowest BCUT2D eigenvalue weighted by Crippen LogP contribution is -2.50. The lowest BCUT2D eigenvalue weighted by Gasteiger charge is -2.38. The van der Waals surface area contributed by atoms with Crippen molar-refractivity contribution in [3.05, 3.63) is 35.6 Å². The Hall–Kier alpha value is -1.70. The zero-order valence-corrected chi connectivity index (χ0v) is 16.7. The average Bonchev–Trinajstić information content (AvgIpc) is 3.18. The Morgan fingerprint density at radius 1 is 1.14 bits per heavy atom. The van der Waals surface area contributed by atoms with Crippen LogP contribution in [0.2, 0.25) is 0 Å². The number of guanidine groups is 1. The van der Waals surface area contributed by atoms with Gasteiger partial charge >= 0.3 is 0 Å². The largest absolute Gasteiger partial charge is 0.396 e. The van der Waals surface area contributed by atoms with Gasteiger partial charge in [0.25, 0.3) is 0 Å². The van der Waals surface area contributed by atoms with Gasteiger partial charge < -0.3 is 25.2 Å². The standard InChI is InChI=1S/C21H32FN3O3/c1-23-19(24-14-20(5-9-26)6-10-28-16-20)25-15-21(7-11-27-12-8-21)17-3-2-4-18(22)13-17/h2-4,13,26H,5-12,14-16H2,1H3,(H2,23,24,25). The molecule has 7 heteroatoms. The molecule has 1 unspecified atom stereocenters. The van der Waals surface area contributed by atoms with E-state index >= 15 is 0 Å². The Labute approximate surface area is 166 Å². The second kappa shape index (κ2) is 9.67. The fraction of sp³-hybridized carbons (Fsp3) is 0.667. The molecule has 0 aromatic heterocycles. The first-order chi connectivity index (χ1) is 13.6. The Balaban J connectivity index is 1.64. The maximum atomic E-state index is 13.8. The third kappa shape index (κ3) is 5.01. The molecule has 28 heavy (non-hydrogen) atoms. The summed E-state index contributed by atoms with van der Waals surface area (Å²) in [6.45, 7) is 4.23. The van der Waals surface area contributed by atoms with Crippen molar-refractivity contribution in [1.29, 1.82) is 0 Å². The molecule has 1 aromatic carbocycles. The van der Waals surface area contributed by atoms with E-state index in [1.54, 1.807) is 19.2 Å². The van der Waals surface area contributed by atoms with Crippen molar-refractivity contribution in [2.75, 3.05) is 53.2 Å². The summed E-state index contributed by atoms with van der Waals surface area (Å²) in [5, 5.41) is 16.2. The molecular formula is C21H32FN3O3. The van der Waals surface area contributed by atoms with Crippen LogP contribution in [0.3, 0.4) is 0 Å². The Kier molecular flexibility index (Phi) is 7.26. The van der Waals surface area contributed by atoms with Crippen LogP contribution in [0.1, 0.15) is 31.2 Å². The Morgan fingerprint density at radius 3 is 2.54 bits per heavy atom. The highest BCUT2D eigenvalue weighted by atomic mass is 19.1. The number of hydrogen-bond acceptors (Lipinski definition) is 4. The maximum Gasteiger partial charge on any atom is 0.191 e. The monoisotopic (exact) mass is 393 g/mol. The van der Waals surface area contributed by atoms with E-state index in [4.69, 9.17) is 9.47 Å². The van der Waals surface area contributed by atoms with Crippen molar-refractivity contribution in [3.63, 3.8) is 0 Å². The fourth-order valence-electron chi connectivity index (χ4n) is 4.20. The summed E-state index contributed by atoms with van der Waals surface area (Å²) in [6, 6.07) is 6.89. The molecule has 2 aliphatic heterocycles. The molecule has 2 heterocycles. The smallest absolute Gasteiger partial charge is 0.191 e. The van der Waals surface area contributed by atoms with E-state index in [0.717, 1.165) is 31.4 Å². The molecule has 0 saturated carbocycles. The van der Waals surface area contributed by atoms with Gasteiger partial charge in [-0.1, -0.05) is 12.1 Å². The third-order valence-electron chi connectivity index (χ3n) is 6.16. The number of ether oxygens (including phenoxy) is 2. The maximum absolute atomic E-state index is 13.8. The molecule has 156 valence electrons. The molecule has 3 rings (SSSR count). The molecule has 1 atom stereocenters. The summed E-state index contributed by atoms with van der Waals surface area (Å²) < 4.78 is 25.0. The number of aliphatic imine (C=N–C) groups is 1. The van der Waals surface area contributed by atoms with Gasteiger partial charge in [-0.2, -0.15) is 0 Å². The highest BCUT2D eigenvalue weighted by molar-refractivity contribution is 5.79. The van der Waals surface area contributed by atoms with Gasteiger partial charge in [0, 0.05) is 57.4 Å². The first kappa shape index (κ1) is 21.0. The summed E-state index contributed by atoms with van der Waals surface area (Å²) in [4.78, 5) is 4.35. The number of halogens is 1. The Bertz CT molecular complexity index is 656. The minimum Gasteiger partial charge on any atom is -0.396 e. The number of nitrogens with zero attached hydrogens (tertiary/aromatic N) is 1. The highest BCUT2D eigenvalue weighted by Gasteiger charge is 2.36. The van der Waals surface area contributed by atoms with E-state index in [2.05, 4.69) is 15.6 Å². The van der Waals surface area contributed by atoms with E-state index in [9.17, 15) is 9.50 Å². The van der Waals surface area contributed by atoms with Gasteiger partial charge in [0.2, 0.25) is 0 Å². The van der Waals surface area contributed by atoms with Gasteiger partial charge in [0.1, 0.15) is 5.82 Å². The van der Waals surface area contributed by atoms with Gasteiger partial charge in [0.05, 0.1) is 6.61 Å². The summed E-state index contributed by atoms with van der Waals surface area (Å²) in [5.74, 6) is 0.504. The van der Waals surface area contributed by atoms with E-state index in [1.165, 1.54) is 6.07 Å². The van der Waals surface area contributed by atoms with Crippen LogP contribution in [0.5, 0.6) is 0 Å². The van der Waals surface area contributed by atoms with Gasteiger partial charge in [-0.15, -0.1) is 0 Å². The van der Waals surface area contributed by atoms with E-state index in [0.29, 0.717) is 45.3 Å². The predicted octanol–water partition coefficient (Wildman–Crippen LogP) is 1.83. The first-order valence-corrected chi connectivity index (χ1v) is 10.1. The van der Waals surface area contributed by atoms with Crippen LogP contribution in [0.4, 0.5) is 4.39 Å². The van der Waals surface area contributed by atoms with Crippen molar-refractivity contribution in [2.45, 2.75) is 31.1 Å². The highest BCUT2D eigenvalue weighted by Crippen LogP contribution is 2.35. The number of benzene rings is 1. The number of aliphatic hydroxyl groups excluding tert-OH is 1. The van der Waals surface area contributed by atoms with Crippen LogP contribution in [-0.2, 0) is 14.9 Å². The normalized spacial score (nSPS) is 24.9. The molecule has 0 radical (unpaired) electrons. The van der Waals surface area contributed by atoms with Gasteiger partial charge in [-0.05, 0) is 43.4 Å². The van der Waals surface area contributed by atoms with Gasteiger partial charge in [-0.25, -0.2) is 4.39 Å². The molecule has 2 saturated heterocycles. The summed E-state index contributed by atoms with van der Waals surface area (Å²) >= 11 is 0. The zero-order chi connectivity index (χ0) is 19.9. The molecule has 0 spiro atoms. The lowest BCUT2D eigenvalue weighted by atomic mass is 9.74. The minimum absolute atomic E-state index is 0.0503. The molecule has 0 amide bonds.